The lowest BCUT2D eigenvalue weighted by molar-refractivity contribution is 0.592. The van der Waals surface area contributed by atoms with E-state index in [4.69, 9.17) is 0 Å². The van der Waals surface area contributed by atoms with Gasteiger partial charge in [-0.25, -0.2) is 24.3 Å². The van der Waals surface area contributed by atoms with Crippen LogP contribution in [0.5, 0.6) is 0 Å². The van der Waals surface area contributed by atoms with Crippen LogP contribution in [0.1, 0.15) is 11.4 Å². The summed E-state index contributed by atoms with van der Waals surface area (Å²) in [4.78, 5) is 13.0. The second-order valence-corrected chi connectivity index (χ2v) is 6.00. The second-order valence-electron chi connectivity index (χ2n) is 5.28. The van der Waals surface area contributed by atoms with Gasteiger partial charge in [-0.05, 0) is 12.0 Å². The van der Waals surface area contributed by atoms with E-state index in [-0.39, 0.29) is 0 Å². The largest absolute Gasteiger partial charge is 0.245 e. The van der Waals surface area contributed by atoms with E-state index in [1.54, 1.807) is 22.3 Å². The molecule has 4 aromatic rings. The Morgan fingerprint density at radius 2 is 2.04 bits per heavy atom. The third-order valence-corrected chi connectivity index (χ3v) is 4.19. The van der Waals surface area contributed by atoms with Crippen molar-refractivity contribution in [1.82, 2.24) is 34.5 Å². The fraction of sp³-hybridized carbons (Fsp3) is 0.188. The summed E-state index contributed by atoms with van der Waals surface area (Å²) in [7, 11) is 0. The van der Waals surface area contributed by atoms with Crippen molar-refractivity contribution < 1.29 is 0 Å². The van der Waals surface area contributed by atoms with E-state index < -0.39 is 0 Å². The summed E-state index contributed by atoms with van der Waals surface area (Å²) in [5.41, 5.74) is 3.93. The van der Waals surface area contributed by atoms with Gasteiger partial charge in [0.1, 0.15) is 24.9 Å². The van der Waals surface area contributed by atoms with Crippen LogP contribution >= 0.6 is 11.3 Å². The molecule has 120 valence electrons. The molecule has 1 aromatic carbocycles. The maximum Gasteiger partial charge on any atom is 0.178 e. The number of aromatic nitrogens is 7. The van der Waals surface area contributed by atoms with Crippen molar-refractivity contribution in [2.75, 3.05) is 0 Å². The first-order valence-corrected chi connectivity index (χ1v) is 8.51. The minimum absolute atomic E-state index is 0.496. The summed E-state index contributed by atoms with van der Waals surface area (Å²) in [5, 5.41) is 10.7. The van der Waals surface area contributed by atoms with Gasteiger partial charge in [-0.2, -0.15) is 10.2 Å². The fourth-order valence-corrected chi connectivity index (χ4v) is 2.99. The molecule has 24 heavy (non-hydrogen) atoms. The van der Waals surface area contributed by atoms with Crippen LogP contribution in [0.15, 0.2) is 53.9 Å². The monoisotopic (exact) mass is 337 g/mol. The molecule has 0 amide bonds. The van der Waals surface area contributed by atoms with E-state index in [1.807, 2.05) is 33.8 Å². The summed E-state index contributed by atoms with van der Waals surface area (Å²) < 4.78 is 3.63. The molecule has 0 aliphatic carbocycles. The average molecular weight is 337 g/mol. The van der Waals surface area contributed by atoms with Gasteiger partial charge in [0.2, 0.25) is 0 Å². The first kappa shape index (κ1) is 14.7. The van der Waals surface area contributed by atoms with Crippen LogP contribution in [-0.4, -0.2) is 34.5 Å². The molecule has 0 atom stereocenters. The van der Waals surface area contributed by atoms with Crippen molar-refractivity contribution >= 4 is 11.3 Å². The zero-order valence-electron chi connectivity index (χ0n) is 12.9. The summed E-state index contributed by atoms with van der Waals surface area (Å²) >= 11 is 1.55. The molecule has 3 heterocycles. The van der Waals surface area contributed by atoms with E-state index in [0.717, 1.165) is 24.5 Å². The van der Waals surface area contributed by atoms with Gasteiger partial charge in [0, 0.05) is 11.9 Å². The molecule has 0 aliphatic rings. The SMILES string of the molecule is c1ccc(CCn2nc(Cn3cncn3)nc2-c2cscn2)cc1. The number of nitrogens with zero attached hydrogens (tertiary/aromatic N) is 7. The van der Waals surface area contributed by atoms with Crippen LogP contribution in [0.3, 0.4) is 0 Å². The molecular formula is C16H15N7S. The standard InChI is InChI=1S/C16H15N7S/c1-2-4-13(5-3-1)6-7-23-16(14-9-24-12-18-14)20-15(21-23)8-22-11-17-10-19-22/h1-5,9-12H,6-8H2. The van der Waals surface area contributed by atoms with E-state index in [9.17, 15) is 0 Å². The first-order valence-electron chi connectivity index (χ1n) is 7.57. The molecule has 4 rings (SSSR count). The lowest BCUT2D eigenvalue weighted by atomic mass is 10.1. The zero-order valence-corrected chi connectivity index (χ0v) is 13.7. The Kier molecular flexibility index (Phi) is 4.11. The highest BCUT2D eigenvalue weighted by molar-refractivity contribution is 7.07. The van der Waals surface area contributed by atoms with Gasteiger partial charge in [0.25, 0.3) is 0 Å². The van der Waals surface area contributed by atoms with Crippen molar-refractivity contribution in [3.8, 4) is 11.5 Å². The molecule has 0 unspecified atom stereocenters. The molecular weight excluding hydrogens is 322 g/mol. The topological polar surface area (TPSA) is 74.3 Å². The molecule has 8 heteroatoms. The first-order chi connectivity index (χ1) is 11.9. The summed E-state index contributed by atoms with van der Waals surface area (Å²) in [6.45, 7) is 1.25. The number of benzene rings is 1. The molecule has 0 bridgehead atoms. The summed E-state index contributed by atoms with van der Waals surface area (Å²) in [6.07, 6.45) is 4.06. The van der Waals surface area contributed by atoms with Crippen molar-refractivity contribution in [2.24, 2.45) is 0 Å². The average Bonchev–Trinajstić information content (AvgIpc) is 3.36. The highest BCUT2D eigenvalue weighted by Crippen LogP contribution is 2.18. The Balaban J connectivity index is 1.59. The molecule has 0 fully saturated rings. The Labute approximate surface area is 142 Å². The molecule has 0 saturated carbocycles. The van der Waals surface area contributed by atoms with E-state index >= 15 is 0 Å². The number of hydrogen-bond acceptors (Lipinski definition) is 6. The van der Waals surface area contributed by atoms with E-state index in [2.05, 4.69) is 37.3 Å². The molecule has 0 saturated heterocycles. The minimum atomic E-state index is 0.496. The van der Waals surface area contributed by atoms with Gasteiger partial charge in [-0.15, -0.1) is 11.3 Å². The Bertz CT molecular complexity index is 882. The van der Waals surface area contributed by atoms with Gasteiger partial charge in [-0.1, -0.05) is 30.3 Å². The Hall–Kier alpha value is -2.87. The highest BCUT2D eigenvalue weighted by atomic mass is 32.1. The van der Waals surface area contributed by atoms with Gasteiger partial charge in [0.05, 0.1) is 5.51 Å². The van der Waals surface area contributed by atoms with Crippen molar-refractivity contribution in [3.05, 3.63) is 65.3 Å². The number of thiazole rings is 1. The molecule has 0 spiro atoms. The van der Waals surface area contributed by atoms with Gasteiger partial charge < -0.3 is 0 Å². The number of rotatable bonds is 6. The molecule has 3 aromatic heterocycles. The maximum absolute atomic E-state index is 4.65. The smallest absolute Gasteiger partial charge is 0.178 e. The fourth-order valence-electron chi connectivity index (χ4n) is 2.46. The van der Waals surface area contributed by atoms with Crippen molar-refractivity contribution in [3.63, 3.8) is 0 Å². The predicted octanol–water partition coefficient (Wildman–Crippen LogP) is 2.28. The molecule has 7 nitrogen and oxygen atoms in total. The lowest BCUT2D eigenvalue weighted by Gasteiger charge is -2.04. The van der Waals surface area contributed by atoms with Gasteiger partial charge in [0.15, 0.2) is 11.6 Å². The zero-order chi connectivity index (χ0) is 16.2. The van der Waals surface area contributed by atoms with Crippen LogP contribution in [-0.2, 0) is 19.5 Å². The van der Waals surface area contributed by atoms with Crippen molar-refractivity contribution in [2.45, 2.75) is 19.5 Å². The second kappa shape index (κ2) is 6.71. The third-order valence-electron chi connectivity index (χ3n) is 3.60. The van der Waals surface area contributed by atoms with Crippen LogP contribution in [0, 0.1) is 0 Å². The molecule has 0 radical (unpaired) electrons. The van der Waals surface area contributed by atoms with Crippen molar-refractivity contribution in [1.29, 1.82) is 0 Å². The van der Waals surface area contributed by atoms with Crippen LogP contribution in [0.25, 0.3) is 11.5 Å². The summed E-state index contributed by atoms with van der Waals surface area (Å²) in [5.74, 6) is 1.50. The number of hydrogen-bond donors (Lipinski definition) is 0. The normalized spacial score (nSPS) is 11.0. The third kappa shape index (κ3) is 3.23. The quantitative estimate of drug-likeness (QED) is 0.540. The van der Waals surface area contributed by atoms with E-state index in [1.165, 1.54) is 11.9 Å². The Morgan fingerprint density at radius 3 is 2.79 bits per heavy atom. The minimum Gasteiger partial charge on any atom is -0.245 e. The predicted molar refractivity (Wildman–Crippen MR) is 90.4 cm³/mol. The number of aryl methyl sites for hydroxylation is 2. The molecule has 0 aliphatic heterocycles. The van der Waals surface area contributed by atoms with Crippen LogP contribution in [0.4, 0.5) is 0 Å². The summed E-state index contributed by atoms with van der Waals surface area (Å²) in [6, 6.07) is 10.4. The highest BCUT2D eigenvalue weighted by Gasteiger charge is 2.14. The van der Waals surface area contributed by atoms with Gasteiger partial charge >= 0.3 is 0 Å². The van der Waals surface area contributed by atoms with Crippen LogP contribution in [0.2, 0.25) is 0 Å². The van der Waals surface area contributed by atoms with Crippen LogP contribution < -0.4 is 0 Å². The molecule has 0 N–H and O–H groups in total. The lowest BCUT2D eigenvalue weighted by Crippen LogP contribution is -2.07. The maximum atomic E-state index is 4.65. The van der Waals surface area contributed by atoms with E-state index in [0.29, 0.717) is 12.4 Å². The van der Waals surface area contributed by atoms with Gasteiger partial charge in [-0.3, -0.25) is 0 Å². The Morgan fingerprint density at radius 1 is 1.12 bits per heavy atom.